The van der Waals surface area contributed by atoms with Crippen molar-refractivity contribution in [1.82, 2.24) is 0 Å². The van der Waals surface area contributed by atoms with E-state index in [1.807, 2.05) is 0 Å². The Labute approximate surface area is 76.5 Å². The van der Waals surface area contributed by atoms with Gasteiger partial charge in [-0.1, -0.05) is 15.9 Å². The molecule has 12 heavy (non-hydrogen) atoms. The molecule has 0 amide bonds. The van der Waals surface area contributed by atoms with Crippen LogP contribution in [-0.4, -0.2) is 12.1 Å². The highest BCUT2D eigenvalue weighted by Gasteiger charge is 2.31. The topological polar surface area (TPSA) is 26.3 Å². The summed E-state index contributed by atoms with van der Waals surface area (Å²) >= 11 is 3.19. The molecule has 1 unspecified atom stereocenters. The van der Waals surface area contributed by atoms with Gasteiger partial charge >= 0.3 is 6.36 Å². The van der Waals surface area contributed by atoms with Crippen molar-refractivity contribution in [3.8, 4) is 5.75 Å². The van der Waals surface area contributed by atoms with E-state index >= 15 is 0 Å². The minimum atomic E-state index is -1.82. The Hall–Kier alpha value is -0.900. The predicted molar refractivity (Wildman–Crippen MR) is 44.0 cm³/mol. The van der Waals surface area contributed by atoms with Gasteiger partial charge in [0.25, 0.3) is 0 Å². The van der Waals surface area contributed by atoms with Crippen LogP contribution in [0.15, 0.2) is 22.7 Å². The summed E-state index contributed by atoms with van der Waals surface area (Å²) < 4.78 is 18.1. The lowest BCUT2D eigenvalue weighted by molar-refractivity contribution is 0.0561. The molecule has 0 fully saturated rings. The van der Waals surface area contributed by atoms with Crippen molar-refractivity contribution >= 4 is 21.7 Å². The Morgan fingerprint density at radius 1 is 1.50 bits per heavy atom. The van der Waals surface area contributed by atoms with Gasteiger partial charge in [0.2, 0.25) is 5.78 Å². The summed E-state index contributed by atoms with van der Waals surface area (Å²) in [6, 6.07) is 4.80. The monoisotopic (exact) mass is 230 g/mol. The zero-order chi connectivity index (χ0) is 8.72. The summed E-state index contributed by atoms with van der Waals surface area (Å²) in [6.07, 6.45) is -1.82. The van der Waals surface area contributed by atoms with Crippen molar-refractivity contribution in [2.75, 3.05) is 0 Å². The van der Waals surface area contributed by atoms with Gasteiger partial charge in [-0.3, -0.25) is 4.79 Å². The molecule has 1 aliphatic heterocycles. The summed E-state index contributed by atoms with van der Waals surface area (Å²) in [4.78, 5) is 11.0. The van der Waals surface area contributed by atoms with E-state index in [0.717, 1.165) is 4.47 Å². The van der Waals surface area contributed by atoms with Gasteiger partial charge in [0.1, 0.15) is 5.75 Å². The largest absolute Gasteiger partial charge is 0.452 e. The average molecular weight is 231 g/mol. The number of hydrogen-bond donors (Lipinski definition) is 0. The van der Waals surface area contributed by atoms with Crippen molar-refractivity contribution < 1.29 is 13.9 Å². The van der Waals surface area contributed by atoms with E-state index in [1.165, 1.54) is 0 Å². The Kier molecular flexibility index (Phi) is 1.65. The van der Waals surface area contributed by atoms with Crippen LogP contribution in [0.3, 0.4) is 0 Å². The van der Waals surface area contributed by atoms with Gasteiger partial charge < -0.3 is 4.74 Å². The quantitative estimate of drug-likeness (QED) is 0.684. The van der Waals surface area contributed by atoms with Crippen molar-refractivity contribution in [3.63, 3.8) is 0 Å². The third kappa shape index (κ3) is 1.03. The molecule has 1 aromatic carbocycles. The first kappa shape index (κ1) is 7.73. The van der Waals surface area contributed by atoms with Crippen molar-refractivity contribution in [2.24, 2.45) is 0 Å². The van der Waals surface area contributed by atoms with Crippen LogP contribution in [0.5, 0.6) is 5.75 Å². The molecular formula is C8H4BrFO2. The van der Waals surface area contributed by atoms with E-state index in [-0.39, 0.29) is 0 Å². The molecule has 0 spiro atoms. The van der Waals surface area contributed by atoms with Crippen LogP contribution in [0.1, 0.15) is 10.4 Å². The Morgan fingerprint density at radius 2 is 2.25 bits per heavy atom. The second kappa shape index (κ2) is 2.55. The molecule has 4 heteroatoms. The molecule has 0 radical (unpaired) electrons. The highest BCUT2D eigenvalue weighted by atomic mass is 79.9. The zero-order valence-electron chi connectivity index (χ0n) is 5.88. The second-order valence-corrected chi connectivity index (χ2v) is 3.35. The Bertz CT molecular complexity index is 351. The second-order valence-electron chi connectivity index (χ2n) is 2.44. The minimum Gasteiger partial charge on any atom is -0.452 e. The fourth-order valence-electron chi connectivity index (χ4n) is 1.08. The van der Waals surface area contributed by atoms with Gasteiger partial charge in [0.15, 0.2) is 0 Å². The van der Waals surface area contributed by atoms with Crippen LogP contribution in [0, 0.1) is 0 Å². The highest BCUT2D eigenvalue weighted by Crippen LogP contribution is 2.31. The maximum atomic E-state index is 12.7. The van der Waals surface area contributed by atoms with E-state index in [1.54, 1.807) is 18.2 Å². The number of carbonyl (C=O) groups excluding carboxylic acids is 1. The number of ether oxygens (including phenoxy) is 1. The maximum absolute atomic E-state index is 12.7. The number of fused-ring (bicyclic) bond motifs is 1. The van der Waals surface area contributed by atoms with Crippen molar-refractivity contribution in [3.05, 3.63) is 28.2 Å². The van der Waals surface area contributed by atoms with E-state index in [4.69, 9.17) is 0 Å². The molecule has 1 aromatic rings. The lowest BCUT2D eigenvalue weighted by atomic mass is 10.1. The van der Waals surface area contributed by atoms with E-state index in [0.29, 0.717) is 11.3 Å². The molecule has 0 aromatic heterocycles. The van der Waals surface area contributed by atoms with Gasteiger partial charge in [-0.05, 0) is 18.2 Å². The van der Waals surface area contributed by atoms with Crippen LogP contribution in [0.2, 0.25) is 0 Å². The van der Waals surface area contributed by atoms with Gasteiger partial charge in [-0.25, -0.2) is 0 Å². The predicted octanol–water partition coefficient (Wildman–Crippen LogP) is 2.32. The number of Topliss-reactive ketones (excluding diaryl/α,β-unsaturated/α-hetero) is 1. The van der Waals surface area contributed by atoms with Crippen LogP contribution in [0.25, 0.3) is 0 Å². The SMILES string of the molecule is O=C1c2ccc(Br)cc2OC1F. The van der Waals surface area contributed by atoms with Crippen LogP contribution >= 0.6 is 15.9 Å². The molecule has 62 valence electrons. The first-order valence-electron chi connectivity index (χ1n) is 3.33. The van der Waals surface area contributed by atoms with E-state index in [9.17, 15) is 9.18 Å². The van der Waals surface area contributed by atoms with Crippen molar-refractivity contribution in [1.29, 1.82) is 0 Å². The normalized spacial score (nSPS) is 20.5. The van der Waals surface area contributed by atoms with Crippen LogP contribution in [-0.2, 0) is 0 Å². The standard InChI is InChI=1S/C8H4BrFO2/c9-4-1-2-5-6(3-4)12-8(10)7(5)11/h1-3,8H. The third-order valence-electron chi connectivity index (χ3n) is 1.65. The first-order valence-corrected chi connectivity index (χ1v) is 4.12. The molecule has 0 N–H and O–H groups in total. The number of rotatable bonds is 0. The third-order valence-corrected chi connectivity index (χ3v) is 2.14. The summed E-state index contributed by atoms with van der Waals surface area (Å²) in [5.41, 5.74) is 0.311. The average Bonchev–Trinajstić information content (AvgIpc) is 2.28. The number of carbonyl (C=O) groups is 1. The molecular weight excluding hydrogens is 227 g/mol. The van der Waals surface area contributed by atoms with Crippen LogP contribution < -0.4 is 4.74 Å². The summed E-state index contributed by atoms with van der Waals surface area (Å²) in [5, 5.41) is 0. The summed E-state index contributed by atoms with van der Waals surface area (Å²) in [7, 11) is 0. The fraction of sp³-hybridized carbons (Fsp3) is 0.125. The lowest BCUT2D eigenvalue weighted by Crippen LogP contribution is -2.12. The molecule has 2 rings (SSSR count). The first-order chi connectivity index (χ1) is 5.68. The maximum Gasteiger partial charge on any atom is 0.301 e. The van der Waals surface area contributed by atoms with Gasteiger partial charge in [0, 0.05) is 4.47 Å². The highest BCUT2D eigenvalue weighted by molar-refractivity contribution is 9.10. The smallest absolute Gasteiger partial charge is 0.301 e. The molecule has 1 atom stereocenters. The Morgan fingerprint density at radius 3 is 3.00 bits per heavy atom. The van der Waals surface area contributed by atoms with E-state index < -0.39 is 12.1 Å². The lowest BCUT2D eigenvalue weighted by Gasteiger charge is -1.97. The molecule has 0 aliphatic carbocycles. The Balaban J connectivity index is 2.54. The molecule has 0 saturated carbocycles. The number of alkyl halides is 1. The number of halogens is 2. The molecule has 1 heterocycles. The van der Waals surface area contributed by atoms with Crippen LogP contribution in [0.4, 0.5) is 4.39 Å². The van der Waals surface area contributed by atoms with Gasteiger partial charge in [-0.2, -0.15) is 4.39 Å². The molecule has 0 bridgehead atoms. The number of ketones is 1. The molecule has 2 nitrogen and oxygen atoms in total. The summed E-state index contributed by atoms with van der Waals surface area (Å²) in [6.45, 7) is 0. The summed E-state index contributed by atoms with van der Waals surface area (Å²) in [5.74, 6) is -0.292. The van der Waals surface area contributed by atoms with Gasteiger partial charge in [0.05, 0.1) is 5.56 Å². The van der Waals surface area contributed by atoms with Gasteiger partial charge in [-0.15, -0.1) is 0 Å². The fourth-order valence-corrected chi connectivity index (χ4v) is 1.42. The minimum absolute atomic E-state index is 0.307. The molecule has 0 saturated heterocycles. The van der Waals surface area contributed by atoms with E-state index in [2.05, 4.69) is 20.7 Å². The van der Waals surface area contributed by atoms with Crippen molar-refractivity contribution in [2.45, 2.75) is 6.36 Å². The number of hydrogen-bond acceptors (Lipinski definition) is 2. The number of benzene rings is 1. The zero-order valence-corrected chi connectivity index (χ0v) is 7.47. The molecule has 1 aliphatic rings.